The predicted octanol–water partition coefficient (Wildman–Crippen LogP) is 4.10. The van der Waals surface area contributed by atoms with Crippen LogP contribution >= 0.6 is 0 Å². The van der Waals surface area contributed by atoms with E-state index in [1.54, 1.807) is 12.4 Å². The van der Waals surface area contributed by atoms with Gasteiger partial charge in [0.05, 0.1) is 11.6 Å². The number of nitrogens with one attached hydrogen (secondary N) is 3. The minimum atomic E-state index is -0.174. The van der Waals surface area contributed by atoms with Gasteiger partial charge >= 0.3 is 0 Å². The molecular weight excluding hydrogens is 362 g/mol. The zero-order chi connectivity index (χ0) is 20.1. The van der Waals surface area contributed by atoms with Crippen LogP contribution in [0.1, 0.15) is 34.5 Å². The van der Waals surface area contributed by atoms with Gasteiger partial charge < -0.3 is 15.6 Å². The Labute approximate surface area is 169 Å². The van der Waals surface area contributed by atoms with E-state index in [4.69, 9.17) is 0 Å². The van der Waals surface area contributed by atoms with Crippen LogP contribution in [0.15, 0.2) is 73.2 Å². The maximum Gasteiger partial charge on any atom is 0.254 e. The third kappa shape index (κ3) is 4.43. The summed E-state index contributed by atoms with van der Waals surface area (Å²) in [6.45, 7) is 2.59. The molecule has 2 heterocycles. The van der Waals surface area contributed by atoms with E-state index >= 15 is 0 Å². The zero-order valence-electron chi connectivity index (χ0n) is 16.2. The van der Waals surface area contributed by atoms with Gasteiger partial charge in [-0.05, 0) is 30.5 Å². The molecule has 0 spiro atoms. The van der Waals surface area contributed by atoms with Gasteiger partial charge in [-0.15, -0.1) is 0 Å². The Kier molecular flexibility index (Phi) is 5.52. The lowest BCUT2D eigenvalue weighted by atomic mass is 10.1. The van der Waals surface area contributed by atoms with Crippen molar-refractivity contribution in [2.45, 2.75) is 19.4 Å². The summed E-state index contributed by atoms with van der Waals surface area (Å²) in [4.78, 5) is 24.2. The van der Waals surface area contributed by atoms with Crippen LogP contribution in [0.5, 0.6) is 0 Å². The summed E-state index contributed by atoms with van der Waals surface area (Å²) in [6, 6.07) is 18.3. The van der Waals surface area contributed by atoms with Gasteiger partial charge in [0, 0.05) is 36.0 Å². The number of aromatic amines is 1. The number of anilines is 1. The molecule has 0 aliphatic rings. The molecule has 0 fully saturated rings. The molecule has 1 atom stereocenters. The summed E-state index contributed by atoms with van der Waals surface area (Å²) < 4.78 is 0. The molecule has 4 aromatic rings. The summed E-state index contributed by atoms with van der Waals surface area (Å²) in [5, 5.41) is 7.37. The van der Waals surface area contributed by atoms with Gasteiger partial charge in [0.1, 0.15) is 0 Å². The normalized spacial score (nSPS) is 11.9. The van der Waals surface area contributed by atoms with E-state index in [0.717, 1.165) is 17.5 Å². The molecule has 6 heteroatoms. The van der Waals surface area contributed by atoms with Crippen molar-refractivity contribution in [3.63, 3.8) is 0 Å². The average Bonchev–Trinajstić information content (AvgIpc) is 3.18. The molecule has 29 heavy (non-hydrogen) atoms. The Balaban J connectivity index is 1.31. The molecule has 6 nitrogen and oxygen atoms in total. The van der Waals surface area contributed by atoms with Gasteiger partial charge in [0.2, 0.25) is 5.95 Å². The van der Waals surface area contributed by atoms with Crippen LogP contribution in [-0.2, 0) is 6.42 Å². The number of fused-ring (bicyclic) bond motifs is 1. The standard InChI is InChI=1S/C23H23N5O/c1-16(17-7-3-2-4-8-17)28-23-26-14-19(15-27-23)22(29)24-12-11-18-13-25-21-10-6-5-9-20(18)21/h2-10,13-16,25H,11-12H2,1H3,(H,24,29)(H,26,27,28). The second-order valence-corrected chi connectivity index (χ2v) is 6.94. The smallest absolute Gasteiger partial charge is 0.254 e. The number of hydrogen-bond acceptors (Lipinski definition) is 4. The number of rotatable bonds is 7. The van der Waals surface area contributed by atoms with Crippen molar-refractivity contribution in [3.8, 4) is 0 Å². The quantitative estimate of drug-likeness (QED) is 0.447. The molecule has 3 N–H and O–H groups in total. The number of H-pyrrole nitrogens is 1. The number of carbonyl (C=O) groups is 1. The lowest BCUT2D eigenvalue weighted by Gasteiger charge is -2.14. The Bertz CT molecular complexity index is 1090. The van der Waals surface area contributed by atoms with E-state index in [9.17, 15) is 4.79 Å². The molecule has 2 aromatic heterocycles. The van der Waals surface area contributed by atoms with E-state index in [2.05, 4.69) is 31.7 Å². The maximum absolute atomic E-state index is 12.4. The van der Waals surface area contributed by atoms with E-state index < -0.39 is 0 Å². The summed E-state index contributed by atoms with van der Waals surface area (Å²) in [5.74, 6) is 0.323. The minimum absolute atomic E-state index is 0.0760. The van der Waals surface area contributed by atoms with Crippen LogP contribution in [0.4, 0.5) is 5.95 Å². The minimum Gasteiger partial charge on any atom is -0.361 e. The first kappa shape index (κ1) is 18.7. The van der Waals surface area contributed by atoms with Crippen LogP contribution in [0.3, 0.4) is 0 Å². The molecule has 0 bridgehead atoms. The van der Waals surface area contributed by atoms with Gasteiger partial charge in [0.15, 0.2) is 0 Å². The fourth-order valence-corrected chi connectivity index (χ4v) is 3.29. The van der Waals surface area contributed by atoms with Gasteiger partial charge in [-0.25, -0.2) is 9.97 Å². The summed E-state index contributed by atoms with van der Waals surface area (Å²) >= 11 is 0. The fraction of sp³-hybridized carbons (Fsp3) is 0.174. The zero-order valence-corrected chi connectivity index (χ0v) is 16.2. The Hall–Kier alpha value is -3.67. The van der Waals surface area contributed by atoms with Gasteiger partial charge in [-0.3, -0.25) is 4.79 Å². The van der Waals surface area contributed by atoms with Crippen molar-refractivity contribution in [1.29, 1.82) is 0 Å². The first-order valence-electron chi connectivity index (χ1n) is 9.67. The molecular formula is C23H23N5O. The number of hydrogen-bond donors (Lipinski definition) is 3. The largest absolute Gasteiger partial charge is 0.361 e. The van der Waals surface area contributed by atoms with Crippen molar-refractivity contribution in [2.24, 2.45) is 0 Å². The van der Waals surface area contributed by atoms with Crippen molar-refractivity contribution >= 4 is 22.8 Å². The summed E-state index contributed by atoms with van der Waals surface area (Å²) in [5.41, 5.74) is 3.89. The third-order valence-electron chi connectivity index (χ3n) is 4.91. The topological polar surface area (TPSA) is 82.7 Å². The number of nitrogens with zero attached hydrogens (tertiary/aromatic N) is 2. The monoisotopic (exact) mass is 385 g/mol. The van der Waals surface area contributed by atoms with Gasteiger partial charge in [-0.2, -0.15) is 0 Å². The maximum atomic E-state index is 12.4. The first-order valence-corrected chi connectivity index (χ1v) is 9.67. The lowest BCUT2D eigenvalue weighted by Crippen LogP contribution is -2.26. The molecule has 0 radical (unpaired) electrons. The highest BCUT2D eigenvalue weighted by Crippen LogP contribution is 2.18. The molecule has 0 aliphatic heterocycles. The van der Waals surface area contributed by atoms with Gasteiger partial charge in [0.25, 0.3) is 5.91 Å². The molecule has 1 unspecified atom stereocenters. The second kappa shape index (κ2) is 8.56. The third-order valence-corrected chi connectivity index (χ3v) is 4.91. The molecule has 2 aromatic carbocycles. The number of benzene rings is 2. The van der Waals surface area contributed by atoms with E-state index in [0.29, 0.717) is 18.1 Å². The van der Waals surface area contributed by atoms with Gasteiger partial charge in [-0.1, -0.05) is 48.5 Å². The van der Waals surface area contributed by atoms with E-state index in [1.807, 2.05) is 61.7 Å². The van der Waals surface area contributed by atoms with Crippen LogP contribution in [0.25, 0.3) is 10.9 Å². The van der Waals surface area contributed by atoms with E-state index in [1.165, 1.54) is 10.9 Å². The predicted molar refractivity (Wildman–Crippen MR) is 115 cm³/mol. The van der Waals surface area contributed by atoms with Crippen molar-refractivity contribution in [2.75, 3.05) is 11.9 Å². The Morgan fingerprint density at radius 2 is 1.76 bits per heavy atom. The molecule has 0 saturated carbocycles. The SMILES string of the molecule is CC(Nc1ncc(C(=O)NCCc2c[nH]c3ccccc23)cn1)c1ccccc1. The highest BCUT2D eigenvalue weighted by atomic mass is 16.1. The Morgan fingerprint density at radius 3 is 2.55 bits per heavy atom. The molecule has 146 valence electrons. The molecule has 0 aliphatic carbocycles. The molecule has 1 amide bonds. The summed E-state index contributed by atoms with van der Waals surface area (Å²) in [7, 11) is 0. The highest BCUT2D eigenvalue weighted by molar-refractivity contribution is 5.93. The van der Waals surface area contributed by atoms with E-state index in [-0.39, 0.29) is 11.9 Å². The second-order valence-electron chi connectivity index (χ2n) is 6.94. The number of carbonyl (C=O) groups excluding carboxylic acids is 1. The van der Waals surface area contributed by atoms with Crippen LogP contribution in [0, 0.1) is 0 Å². The van der Waals surface area contributed by atoms with Crippen LogP contribution in [-0.4, -0.2) is 27.4 Å². The highest BCUT2D eigenvalue weighted by Gasteiger charge is 2.10. The van der Waals surface area contributed by atoms with Crippen LogP contribution < -0.4 is 10.6 Å². The Morgan fingerprint density at radius 1 is 1.03 bits per heavy atom. The van der Waals surface area contributed by atoms with Crippen molar-refractivity contribution in [1.82, 2.24) is 20.3 Å². The lowest BCUT2D eigenvalue weighted by molar-refractivity contribution is 0.0953. The van der Waals surface area contributed by atoms with Crippen LogP contribution in [0.2, 0.25) is 0 Å². The van der Waals surface area contributed by atoms with Crippen molar-refractivity contribution in [3.05, 3.63) is 89.9 Å². The average molecular weight is 385 g/mol. The number of para-hydroxylation sites is 1. The summed E-state index contributed by atoms with van der Waals surface area (Å²) in [6.07, 6.45) is 5.85. The first-order chi connectivity index (χ1) is 14.2. The number of amides is 1. The van der Waals surface area contributed by atoms with Crippen molar-refractivity contribution < 1.29 is 4.79 Å². The molecule has 4 rings (SSSR count). The number of aromatic nitrogens is 3. The molecule has 0 saturated heterocycles. The fourth-order valence-electron chi connectivity index (χ4n) is 3.29.